The Balaban J connectivity index is 0.000000488. The van der Waals surface area contributed by atoms with Crippen LogP contribution in [0, 0.1) is 5.92 Å². The molecule has 5 rings (SSSR count). The van der Waals surface area contributed by atoms with Crippen LogP contribution in [0.3, 0.4) is 0 Å². The van der Waals surface area contributed by atoms with Gasteiger partial charge in [-0.25, -0.2) is 18.2 Å². The number of para-hydroxylation sites is 1. The van der Waals surface area contributed by atoms with E-state index in [1.807, 2.05) is 37.4 Å². The number of hydrogen-bond donors (Lipinski definition) is 2. The number of thiophene rings is 1. The van der Waals surface area contributed by atoms with Crippen molar-refractivity contribution in [3.05, 3.63) is 52.9 Å². The number of piperidine rings is 1. The van der Waals surface area contributed by atoms with Gasteiger partial charge >= 0.3 is 18.1 Å². The number of halogens is 3. The van der Waals surface area contributed by atoms with E-state index in [1.54, 1.807) is 28.8 Å². The average molecular weight is 717 g/mol. The second-order valence-electron chi connectivity index (χ2n) is 10.4. The number of carbonyl (C=O) groups is 2. The molecule has 4 heterocycles. The maximum absolute atomic E-state index is 13.6. The minimum atomic E-state index is -4.85. The van der Waals surface area contributed by atoms with Crippen LogP contribution < -0.4 is 4.31 Å². The van der Waals surface area contributed by atoms with Crippen LogP contribution in [0.15, 0.2) is 52.2 Å². The maximum Gasteiger partial charge on any atom is 0.490 e. The summed E-state index contributed by atoms with van der Waals surface area (Å²) in [6.45, 7) is 6.18. The lowest BCUT2D eigenvalue weighted by atomic mass is 9.97. The lowest BCUT2D eigenvalue weighted by Crippen LogP contribution is -2.35. The number of rotatable bonds is 12. The number of ether oxygens (including phenoxy) is 2. The predicted octanol–water partition coefficient (Wildman–Crippen LogP) is 5.99. The Kier molecular flexibility index (Phi) is 12.4. The molecule has 0 radical (unpaired) electrons. The number of thiazole rings is 1. The third kappa shape index (κ3) is 9.31. The van der Waals surface area contributed by atoms with Gasteiger partial charge < -0.3 is 19.6 Å². The normalized spacial score (nSPS) is 14.5. The number of carboxylic acids is 1. The van der Waals surface area contributed by atoms with E-state index >= 15 is 0 Å². The molecule has 0 amide bonds. The summed E-state index contributed by atoms with van der Waals surface area (Å²) >= 11 is 2.78. The number of carbonyl (C=O) groups excluding carboxylic acids is 1. The Hall–Kier alpha value is -3.51. The maximum atomic E-state index is 13.6. The summed E-state index contributed by atoms with van der Waals surface area (Å²) in [5.41, 5.74) is 2.12. The van der Waals surface area contributed by atoms with Gasteiger partial charge in [0, 0.05) is 29.6 Å². The molecular formula is C30H35F3N4O7S3. The first-order valence-corrected chi connectivity index (χ1v) is 17.9. The highest BCUT2D eigenvalue weighted by molar-refractivity contribution is 7.94. The summed E-state index contributed by atoms with van der Waals surface area (Å²) in [6.07, 6.45) is -1.65. The summed E-state index contributed by atoms with van der Waals surface area (Å²) in [7, 11) is -3.76. The lowest BCUT2D eigenvalue weighted by molar-refractivity contribution is -0.199. The number of likely N-dealkylation sites (tertiary alicyclic amines) is 1. The second kappa shape index (κ2) is 16.1. The van der Waals surface area contributed by atoms with Crippen LogP contribution in [0.5, 0.6) is 0 Å². The molecule has 256 valence electrons. The molecule has 2 N–H and O–H groups in total. The van der Waals surface area contributed by atoms with E-state index in [2.05, 4.69) is 19.6 Å². The number of carboxylic acid groups (broad SMARTS) is 1. The molecule has 11 nitrogen and oxygen atoms in total. The highest BCUT2D eigenvalue weighted by Crippen LogP contribution is 2.36. The lowest BCUT2D eigenvalue weighted by Gasteiger charge is -2.29. The number of H-pyrrole nitrogens is 1. The van der Waals surface area contributed by atoms with Crippen LogP contribution in [0.25, 0.3) is 21.6 Å². The SMILES string of the molecule is CCOC(=O)C(F)(F)F.CCOCCN(c1cccc2cc(-c3ncc(CN4CCC(C(=O)O)CC4)s3)[nH]c12)S(=O)(=O)c1cccs1. The first-order chi connectivity index (χ1) is 22.3. The number of benzene rings is 1. The van der Waals surface area contributed by atoms with Crippen molar-refractivity contribution in [2.45, 2.75) is 43.6 Å². The zero-order chi connectivity index (χ0) is 34.2. The van der Waals surface area contributed by atoms with Crippen LogP contribution >= 0.6 is 22.7 Å². The van der Waals surface area contributed by atoms with Crippen LogP contribution in [0.4, 0.5) is 18.9 Å². The Morgan fingerprint density at radius 3 is 2.49 bits per heavy atom. The van der Waals surface area contributed by atoms with Gasteiger partial charge in [0.2, 0.25) is 0 Å². The van der Waals surface area contributed by atoms with Crippen molar-refractivity contribution in [1.82, 2.24) is 14.9 Å². The standard InChI is InChI=1S/C26H30N4O5S3.C4H5F3O2/c1-2-35-13-12-30(38(33,34)23-7-4-14-36-23)22-6-3-5-19-15-21(28-24(19)22)25-27-16-20(37-25)17-29-10-8-18(9-11-29)26(31)32;1-2-9-3(8)4(5,6)7/h3-7,14-16,18,28H,2,8-13,17H2,1H3,(H,31,32);2H2,1H3. The Morgan fingerprint density at radius 1 is 1.15 bits per heavy atom. The van der Waals surface area contributed by atoms with Crippen LogP contribution in [-0.4, -0.2) is 86.0 Å². The molecule has 0 aliphatic carbocycles. The zero-order valence-electron chi connectivity index (χ0n) is 25.7. The Morgan fingerprint density at radius 2 is 1.89 bits per heavy atom. The fourth-order valence-electron chi connectivity index (χ4n) is 4.92. The van der Waals surface area contributed by atoms with E-state index in [1.165, 1.54) is 22.6 Å². The molecule has 1 aliphatic rings. The van der Waals surface area contributed by atoms with Gasteiger partial charge in [0.15, 0.2) is 0 Å². The van der Waals surface area contributed by atoms with Gasteiger partial charge in [-0.15, -0.1) is 22.7 Å². The number of sulfonamides is 1. The highest BCUT2D eigenvalue weighted by Gasteiger charge is 2.40. The van der Waals surface area contributed by atoms with Crippen molar-refractivity contribution in [3.8, 4) is 10.7 Å². The molecule has 0 unspecified atom stereocenters. The quantitative estimate of drug-likeness (QED) is 0.134. The van der Waals surface area contributed by atoms with Gasteiger partial charge in [0.25, 0.3) is 10.0 Å². The number of anilines is 1. The van der Waals surface area contributed by atoms with Gasteiger partial charge in [-0.1, -0.05) is 18.2 Å². The minimum Gasteiger partial charge on any atom is -0.481 e. The van der Waals surface area contributed by atoms with Gasteiger partial charge in [-0.3, -0.25) is 14.0 Å². The molecule has 1 fully saturated rings. The number of aromatic amines is 1. The average Bonchev–Trinajstić information content (AvgIpc) is 3.81. The number of esters is 1. The van der Waals surface area contributed by atoms with Crippen molar-refractivity contribution >= 4 is 61.2 Å². The number of hydrogen-bond acceptors (Lipinski definition) is 10. The number of fused-ring (bicyclic) bond motifs is 1. The fourth-order valence-corrected chi connectivity index (χ4v) is 8.41. The molecule has 1 saturated heterocycles. The van der Waals surface area contributed by atoms with Crippen molar-refractivity contribution in [2.75, 3.05) is 43.8 Å². The van der Waals surface area contributed by atoms with Crippen molar-refractivity contribution < 1.29 is 45.8 Å². The monoisotopic (exact) mass is 716 g/mol. The van der Waals surface area contributed by atoms with E-state index in [9.17, 15) is 36.3 Å². The van der Waals surface area contributed by atoms with Gasteiger partial charge in [0.1, 0.15) is 9.22 Å². The summed E-state index contributed by atoms with van der Waals surface area (Å²) in [4.78, 5) is 32.4. The third-order valence-electron chi connectivity index (χ3n) is 7.19. The van der Waals surface area contributed by atoms with Crippen LogP contribution in [0.1, 0.15) is 31.6 Å². The molecule has 4 aromatic rings. The number of aliphatic carboxylic acids is 1. The summed E-state index contributed by atoms with van der Waals surface area (Å²) in [6, 6.07) is 11.0. The molecule has 0 bridgehead atoms. The zero-order valence-corrected chi connectivity index (χ0v) is 28.1. The Labute approximate surface area is 278 Å². The topological polar surface area (TPSA) is 142 Å². The molecule has 0 spiro atoms. The largest absolute Gasteiger partial charge is 0.490 e. The van der Waals surface area contributed by atoms with Crippen molar-refractivity contribution in [2.24, 2.45) is 5.92 Å². The van der Waals surface area contributed by atoms with Gasteiger partial charge in [-0.05, 0) is 63.4 Å². The van der Waals surface area contributed by atoms with E-state index in [0.29, 0.717) is 25.1 Å². The number of nitrogens with zero attached hydrogens (tertiary/aromatic N) is 3. The van der Waals surface area contributed by atoms with Crippen LogP contribution in [-0.2, 0) is 35.6 Å². The minimum absolute atomic E-state index is 0.196. The van der Waals surface area contributed by atoms with Crippen molar-refractivity contribution in [3.63, 3.8) is 0 Å². The summed E-state index contributed by atoms with van der Waals surface area (Å²) in [5.74, 6) is -3.09. The van der Waals surface area contributed by atoms with Crippen molar-refractivity contribution in [1.29, 1.82) is 0 Å². The number of nitrogens with one attached hydrogen (secondary N) is 1. The summed E-state index contributed by atoms with van der Waals surface area (Å²) in [5, 5.41) is 12.7. The van der Waals surface area contributed by atoms with Gasteiger partial charge in [-0.2, -0.15) is 13.2 Å². The molecule has 1 aromatic carbocycles. The molecule has 3 aromatic heterocycles. The first-order valence-electron chi connectivity index (χ1n) is 14.7. The molecule has 17 heteroatoms. The molecule has 1 aliphatic heterocycles. The fraction of sp³-hybridized carbons (Fsp3) is 0.433. The number of aromatic nitrogens is 2. The van der Waals surface area contributed by atoms with Gasteiger partial charge in [0.05, 0.1) is 42.6 Å². The molecule has 47 heavy (non-hydrogen) atoms. The van der Waals surface area contributed by atoms with Crippen LogP contribution in [0.2, 0.25) is 0 Å². The third-order valence-corrected chi connectivity index (χ3v) is 11.4. The summed E-state index contributed by atoms with van der Waals surface area (Å²) < 4.78 is 71.5. The Bertz CT molecular complexity index is 1730. The van der Waals surface area contributed by atoms with E-state index in [4.69, 9.17) is 4.74 Å². The molecule has 0 atom stereocenters. The van der Waals surface area contributed by atoms with E-state index in [0.717, 1.165) is 46.1 Å². The smallest absolute Gasteiger partial charge is 0.481 e. The predicted molar refractivity (Wildman–Crippen MR) is 173 cm³/mol. The number of alkyl halides is 3. The molecule has 0 saturated carbocycles. The van der Waals surface area contributed by atoms with E-state index < -0.39 is 28.1 Å². The molecular weight excluding hydrogens is 682 g/mol. The highest BCUT2D eigenvalue weighted by atomic mass is 32.2. The second-order valence-corrected chi connectivity index (χ2v) is 14.5. The first kappa shape index (κ1) is 36.3. The van der Waals surface area contributed by atoms with E-state index in [-0.39, 0.29) is 29.9 Å².